The molecule has 1 fully saturated rings. The lowest BCUT2D eigenvalue weighted by atomic mass is 9.89. The SMILES string of the molecule is CN(CCCCCCC/C=C/B1OC(C)(C)C(C)(C)O1)C(=O)O. The molecular formula is C17H32BNO4. The first-order chi connectivity index (χ1) is 10.7. The number of carboxylic acid groups (broad SMARTS) is 1. The Morgan fingerprint density at radius 3 is 2.13 bits per heavy atom. The Morgan fingerprint density at radius 1 is 1.04 bits per heavy atom. The molecule has 1 aliphatic heterocycles. The van der Waals surface area contributed by atoms with Crippen molar-refractivity contribution in [3.8, 4) is 0 Å². The Labute approximate surface area is 141 Å². The summed E-state index contributed by atoms with van der Waals surface area (Å²) < 4.78 is 11.8. The summed E-state index contributed by atoms with van der Waals surface area (Å²) in [6, 6.07) is 0. The molecule has 1 saturated heterocycles. The highest BCUT2D eigenvalue weighted by Crippen LogP contribution is 2.36. The lowest BCUT2D eigenvalue weighted by molar-refractivity contribution is 0.00578. The van der Waals surface area contributed by atoms with Gasteiger partial charge in [0.25, 0.3) is 0 Å². The summed E-state index contributed by atoms with van der Waals surface area (Å²) in [6.45, 7) is 8.85. The van der Waals surface area contributed by atoms with E-state index in [1.807, 2.05) is 5.98 Å². The largest absolute Gasteiger partial charge is 0.486 e. The number of hydrogen-bond acceptors (Lipinski definition) is 3. The Morgan fingerprint density at radius 2 is 1.57 bits per heavy atom. The van der Waals surface area contributed by atoms with Gasteiger partial charge >= 0.3 is 13.2 Å². The summed E-state index contributed by atoms with van der Waals surface area (Å²) in [4.78, 5) is 12.0. The van der Waals surface area contributed by atoms with Crippen molar-refractivity contribution in [2.75, 3.05) is 13.6 Å². The van der Waals surface area contributed by atoms with E-state index in [0.717, 1.165) is 32.1 Å². The van der Waals surface area contributed by atoms with Crippen LogP contribution < -0.4 is 0 Å². The van der Waals surface area contributed by atoms with E-state index in [1.165, 1.54) is 11.3 Å². The number of unbranched alkanes of at least 4 members (excludes halogenated alkanes) is 5. The number of carbonyl (C=O) groups is 1. The fourth-order valence-corrected chi connectivity index (χ4v) is 2.41. The first-order valence-corrected chi connectivity index (χ1v) is 8.62. The number of rotatable bonds is 9. The van der Waals surface area contributed by atoms with Crippen LogP contribution in [0.4, 0.5) is 4.79 Å². The third-order valence-electron chi connectivity index (χ3n) is 4.76. The zero-order valence-electron chi connectivity index (χ0n) is 15.3. The van der Waals surface area contributed by atoms with Gasteiger partial charge in [-0.25, -0.2) is 4.79 Å². The Bertz CT molecular complexity index is 393. The Hall–Kier alpha value is -1.01. The minimum absolute atomic E-state index is 0.244. The van der Waals surface area contributed by atoms with Gasteiger partial charge in [0.1, 0.15) is 0 Å². The molecule has 23 heavy (non-hydrogen) atoms. The van der Waals surface area contributed by atoms with Crippen LogP contribution in [0.1, 0.15) is 66.2 Å². The minimum atomic E-state index is -0.849. The van der Waals surface area contributed by atoms with Gasteiger partial charge in [0.05, 0.1) is 11.2 Å². The van der Waals surface area contributed by atoms with Gasteiger partial charge in [-0.2, -0.15) is 0 Å². The number of allylic oxidation sites excluding steroid dienone is 1. The Kier molecular flexibility index (Phi) is 7.61. The van der Waals surface area contributed by atoms with Crippen LogP contribution in [0, 0.1) is 0 Å². The monoisotopic (exact) mass is 325 g/mol. The second kappa shape index (κ2) is 8.74. The van der Waals surface area contributed by atoms with Crippen molar-refractivity contribution in [1.82, 2.24) is 4.90 Å². The molecule has 6 heteroatoms. The molecule has 0 aromatic rings. The maximum absolute atomic E-state index is 10.6. The molecule has 0 bridgehead atoms. The molecule has 1 aliphatic rings. The maximum Gasteiger partial charge on any atom is 0.486 e. The molecule has 132 valence electrons. The van der Waals surface area contributed by atoms with Crippen LogP contribution in [0.25, 0.3) is 0 Å². The van der Waals surface area contributed by atoms with Crippen LogP contribution in [0.2, 0.25) is 0 Å². The third kappa shape index (κ3) is 6.55. The predicted molar refractivity (Wildman–Crippen MR) is 93.6 cm³/mol. The van der Waals surface area contributed by atoms with Gasteiger partial charge in [0, 0.05) is 13.6 Å². The zero-order chi connectivity index (χ0) is 17.5. The van der Waals surface area contributed by atoms with E-state index >= 15 is 0 Å². The highest BCUT2D eigenvalue weighted by molar-refractivity contribution is 6.51. The Balaban J connectivity index is 2.05. The fraction of sp³-hybridized carbons (Fsp3) is 0.824. The second-order valence-electron chi connectivity index (χ2n) is 7.31. The summed E-state index contributed by atoms with van der Waals surface area (Å²) in [6.07, 6.45) is 7.80. The zero-order valence-corrected chi connectivity index (χ0v) is 15.3. The summed E-state index contributed by atoms with van der Waals surface area (Å²) in [5, 5.41) is 8.73. The normalized spacial score (nSPS) is 19.4. The minimum Gasteiger partial charge on any atom is -0.465 e. The van der Waals surface area contributed by atoms with Crippen LogP contribution in [0.5, 0.6) is 0 Å². The summed E-state index contributed by atoms with van der Waals surface area (Å²) in [5.41, 5.74) is -0.545. The summed E-state index contributed by atoms with van der Waals surface area (Å²) in [5.74, 6) is 2.01. The van der Waals surface area contributed by atoms with Gasteiger partial charge < -0.3 is 19.3 Å². The van der Waals surface area contributed by atoms with Crippen LogP contribution in [-0.4, -0.2) is 48.0 Å². The average Bonchev–Trinajstić information content (AvgIpc) is 2.64. The van der Waals surface area contributed by atoms with E-state index in [0.29, 0.717) is 6.54 Å². The lowest BCUT2D eigenvalue weighted by Crippen LogP contribution is -2.41. The predicted octanol–water partition coefficient (Wildman–Crippen LogP) is 4.12. The molecule has 0 aromatic carbocycles. The van der Waals surface area contributed by atoms with E-state index in [4.69, 9.17) is 14.4 Å². The maximum atomic E-state index is 10.6. The highest BCUT2D eigenvalue weighted by Gasteiger charge is 2.49. The van der Waals surface area contributed by atoms with Crippen molar-refractivity contribution >= 4 is 13.2 Å². The molecule has 1 rings (SSSR count). The molecule has 0 saturated carbocycles. The molecule has 0 atom stereocenters. The lowest BCUT2D eigenvalue weighted by Gasteiger charge is -2.32. The van der Waals surface area contributed by atoms with Crippen LogP contribution in [-0.2, 0) is 9.31 Å². The molecule has 0 radical (unpaired) electrons. The molecule has 1 amide bonds. The smallest absolute Gasteiger partial charge is 0.465 e. The molecule has 1 heterocycles. The van der Waals surface area contributed by atoms with E-state index < -0.39 is 6.09 Å². The van der Waals surface area contributed by atoms with Crippen molar-refractivity contribution < 1.29 is 19.2 Å². The van der Waals surface area contributed by atoms with Crippen molar-refractivity contribution in [1.29, 1.82) is 0 Å². The second-order valence-corrected chi connectivity index (χ2v) is 7.31. The first-order valence-electron chi connectivity index (χ1n) is 8.62. The fourth-order valence-electron chi connectivity index (χ4n) is 2.41. The van der Waals surface area contributed by atoms with E-state index in [9.17, 15) is 4.79 Å². The van der Waals surface area contributed by atoms with Gasteiger partial charge in [-0.05, 0) is 47.0 Å². The molecule has 0 unspecified atom stereocenters. The highest BCUT2D eigenvalue weighted by atomic mass is 16.7. The molecule has 0 aliphatic carbocycles. The summed E-state index contributed by atoms with van der Waals surface area (Å²) in [7, 11) is 1.37. The van der Waals surface area contributed by atoms with Crippen molar-refractivity contribution in [3.63, 3.8) is 0 Å². The molecule has 0 spiro atoms. The first kappa shape index (κ1) is 20.0. The summed E-state index contributed by atoms with van der Waals surface area (Å²) >= 11 is 0. The van der Waals surface area contributed by atoms with Gasteiger partial charge in [-0.1, -0.05) is 31.3 Å². The quantitative estimate of drug-likeness (QED) is 0.512. The van der Waals surface area contributed by atoms with Crippen LogP contribution >= 0.6 is 0 Å². The van der Waals surface area contributed by atoms with Gasteiger partial charge in [0.15, 0.2) is 0 Å². The number of amides is 1. The van der Waals surface area contributed by atoms with E-state index in [-0.39, 0.29) is 18.3 Å². The van der Waals surface area contributed by atoms with Crippen LogP contribution in [0.3, 0.4) is 0 Å². The van der Waals surface area contributed by atoms with E-state index in [2.05, 4.69) is 33.8 Å². The molecule has 5 nitrogen and oxygen atoms in total. The molecule has 1 N–H and O–H groups in total. The van der Waals surface area contributed by atoms with Gasteiger partial charge in [-0.15, -0.1) is 0 Å². The van der Waals surface area contributed by atoms with Gasteiger partial charge in [-0.3, -0.25) is 0 Å². The molecular weight excluding hydrogens is 293 g/mol. The third-order valence-corrected chi connectivity index (χ3v) is 4.76. The van der Waals surface area contributed by atoms with Crippen molar-refractivity contribution in [2.24, 2.45) is 0 Å². The van der Waals surface area contributed by atoms with Crippen LogP contribution in [0.15, 0.2) is 12.1 Å². The van der Waals surface area contributed by atoms with Crippen molar-refractivity contribution in [3.05, 3.63) is 12.1 Å². The van der Waals surface area contributed by atoms with E-state index in [1.54, 1.807) is 7.05 Å². The standard InChI is InChI=1S/C17H32BNO4/c1-16(2)17(3,4)23-18(22-16)13-11-9-7-6-8-10-12-14-19(5)15(20)21/h11,13H,6-10,12,14H2,1-5H3,(H,20,21)/b13-11+. The average molecular weight is 325 g/mol. The molecule has 0 aromatic heterocycles. The van der Waals surface area contributed by atoms with Crippen molar-refractivity contribution in [2.45, 2.75) is 77.4 Å². The number of nitrogens with zero attached hydrogens (tertiary/aromatic N) is 1. The van der Waals surface area contributed by atoms with Gasteiger partial charge in [0.2, 0.25) is 0 Å². The number of hydrogen-bond donors (Lipinski definition) is 1. The topological polar surface area (TPSA) is 59.0 Å².